The lowest BCUT2D eigenvalue weighted by molar-refractivity contribution is -0.139. The van der Waals surface area contributed by atoms with E-state index in [2.05, 4.69) is 5.32 Å². The predicted octanol–water partition coefficient (Wildman–Crippen LogP) is 6.05. The van der Waals surface area contributed by atoms with Crippen LogP contribution in [-0.2, 0) is 26.2 Å². The third-order valence-electron chi connectivity index (χ3n) is 7.13. The van der Waals surface area contributed by atoms with Crippen molar-refractivity contribution in [2.75, 3.05) is 10.8 Å². The molecule has 0 heterocycles. The molecule has 3 aromatic carbocycles. The van der Waals surface area contributed by atoms with Gasteiger partial charge in [0, 0.05) is 22.6 Å². The summed E-state index contributed by atoms with van der Waals surface area (Å²) in [5, 5.41) is 3.88. The highest BCUT2D eigenvalue weighted by Crippen LogP contribution is 2.26. The van der Waals surface area contributed by atoms with Gasteiger partial charge in [-0.25, -0.2) is 8.42 Å². The van der Waals surface area contributed by atoms with Crippen molar-refractivity contribution >= 4 is 50.7 Å². The third kappa shape index (κ3) is 7.36. The quantitative estimate of drug-likeness (QED) is 0.306. The number of carbonyl (C=O) groups excluding carboxylic acids is 2. The lowest BCUT2D eigenvalue weighted by atomic mass is 9.95. The van der Waals surface area contributed by atoms with Crippen LogP contribution in [0.15, 0.2) is 83.8 Å². The number of nitrogens with zero attached hydrogens (tertiary/aromatic N) is 2. The number of halogens is 2. The van der Waals surface area contributed by atoms with Crippen LogP contribution in [0.3, 0.4) is 0 Å². The standard InChI is InChI=1S/C30H33Cl2N3O4S/c1-22(30(37)33-25-11-5-2-6-12-25)34(20-23-17-18-24(31)19-28(23)32)29(36)21-35(26-13-7-3-8-14-26)40(38,39)27-15-9-4-10-16-27/h3-4,7-10,13-19,22,25H,2,5-6,11-12,20-21H2,1H3,(H,33,37)/t22-/m0/s1. The zero-order chi connectivity index (χ0) is 28.7. The van der Waals surface area contributed by atoms with Gasteiger partial charge in [0.1, 0.15) is 12.6 Å². The Morgan fingerprint density at radius 2 is 1.55 bits per heavy atom. The maximum Gasteiger partial charge on any atom is 0.264 e. The first-order chi connectivity index (χ1) is 19.2. The smallest absolute Gasteiger partial charge is 0.264 e. The summed E-state index contributed by atoms with van der Waals surface area (Å²) < 4.78 is 28.6. The van der Waals surface area contributed by atoms with Gasteiger partial charge in [0.05, 0.1) is 10.6 Å². The Labute approximate surface area is 246 Å². The maximum absolute atomic E-state index is 14.0. The third-order valence-corrected chi connectivity index (χ3v) is 9.50. The second kappa shape index (κ2) is 13.5. The van der Waals surface area contributed by atoms with E-state index in [-0.39, 0.29) is 23.4 Å². The predicted molar refractivity (Wildman–Crippen MR) is 159 cm³/mol. The van der Waals surface area contributed by atoms with Crippen LogP contribution in [0.1, 0.15) is 44.6 Å². The van der Waals surface area contributed by atoms with Crippen LogP contribution in [-0.4, -0.2) is 43.8 Å². The van der Waals surface area contributed by atoms with Gasteiger partial charge in [-0.1, -0.05) is 84.9 Å². The van der Waals surface area contributed by atoms with Crippen LogP contribution in [0.5, 0.6) is 0 Å². The summed E-state index contributed by atoms with van der Waals surface area (Å²) in [7, 11) is -4.10. The van der Waals surface area contributed by atoms with Gasteiger partial charge in [0.2, 0.25) is 11.8 Å². The van der Waals surface area contributed by atoms with Crippen LogP contribution in [0, 0.1) is 0 Å². The maximum atomic E-state index is 14.0. The molecule has 212 valence electrons. The van der Waals surface area contributed by atoms with E-state index in [4.69, 9.17) is 23.2 Å². The average molecular weight is 603 g/mol. The Kier molecular flexibility index (Phi) is 10.1. The van der Waals surface area contributed by atoms with Crippen molar-refractivity contribution in [1.82, 2.24) is 10.2 Å². The summed E-state index contributed by atoms with van der Waals surface area (Å²) in [6.07, 6.45) is 5.03. The molecule has 1 atom stereocenters. The zero-order valence-electron chi connectivity index (χ0n) is 22.3. The summed E-state index contributed by atoms with van der Waals surface area (Å²) in [4.78, 5) is 28.8. The highest BCUT2D eigenvalue weighted by Gasteiger charge is 2.33. The summed E-state index contributed by atoms with van der Waals surface area (Å²) in [5.41, 5.74) is 0.928. The highest BCUT2D eigenvalue weighted by atomic mass is 35.5. The van der Waals surface area contributed by atoms with Crippen LogP contribution >= 0.6 is 23.2 Å². The van der Waals surface area contributed by atoms with Crippen LogP contribution in [0.25, 0.3) is 0 Å². The highest BCUT2D eigenvalue weighted by molar-refractivity contribution is 7.92. The van der Waals surface area contributed by atoms with Crippen LogP contribution in [0.4, 0.5) is 5.69 Å². The number of rotatable bonds is 10. The van der Waals surface area contributed by atoms with Crippen LogP contribution in [0.2, 0.25) is 10.0 Å². The van der Waals surface area contributed by atoms with Gasteiger partial charge in [0.15, 0.2) is 0 Å². The van der Waals surface area contributed by atoms with Gasteiger partial charge < -0.3 is 10.2 Å². The molecular weight excluding hydrogens is 569 g/mol. The average Bonchev–Trinajstić information content (AvgIpc) is 2.96. The first kappa shape index (κ1) is 29.9. The molecular formula is C30H33Cl2N3O4S. The van der Waals surface area contributed by atoms with E-state index in [1.54, 1.807) is 73.7 Å². The molecule has 0 bridgehead atoms. The largest absolute Gasteiger partial charge is 0.352 e. The lowest BCUT2D eigenvalue weighted by Gasteiger charge is -2.33. The van der Waals surface area contributed by atoms with Gasteiger partial charge in [-0.15, -0.1) is 0 Å². The molecule has 7 nitrogen and oxygen atoms in total. The molecule has 3 aromatic rings. The number of nitrogens with one attached hydrogen (secondary N) is 1. The van der Waals surface area contributed by atoms with Gasteiger partial charge >= 0.3 is 0 Å². The number of carbonyl (C=O) groups is 2. The molecule has 0 aliphatic heterocycles. The molecule has 0 aromatic heterocycles. The minimum Gasteiger partial charge on any atom is -0.352 e. The van der Waals surface area contributed by atoms with Crippen LogP contribution < -0.4 is 9.62 Å². The Bertz CT molecular complexity index is 1420. The van der Waals surface area contributed by atoms with Gasteiger partial charge in [-0.05, 0) is 61.7 Å². The fourth-order valence-corrected chi connectivity index (χ4v) is 6.73. The minimum atomic E-state index is -4.10. The van der Waals surface area contributed by atoms with Crippen molar-refractivity contribution in [3.63, 3.8) is 0 Å². The van der Waals surface area contributed by atoms with Crippen molar-refractivity contribution in [3.05, 3.63) is 94.5 Å². The van der Waals surface area contributed by atoms with E-state index < -0.39 is 28.5 Å². The fraction of sp³-hybridized carbons (Fsp3) is 0.333. The van der Waals surface area contributed by atoms with Crippen molar-refractivity contribution in [3.8, 4) is 0 Å². The van der Waals surface area contributed by atoms with E-state index >= 15 is 0 Å². The summed E-state index contributed by atoms with van der Waals surface area (Å²) in [6.45, 7) is 1.15. The fourth-order valence-electron chi connectivity index (χ4n) is 4.83. The van der Waals surface area contributed by atoms with Crippen molar-refractivity contribution in [1.29, 1.82) is 0 Å². The normalized spacial score (nSPS) is 14.8. The summed E-state index contributed by atoms with van der Waals surface area (Å²) in [6, 6.07) is 20.5. The lowest BCUT2D eigenvalue weighted by Crippen LogP contribution is -2.53. The molecule has 0 unspecified atom stereocenters. The molecule has 40 heavy (non-hydrogen) atoms. The molecule has 0 radical (unpaired) electrons. The molecule has 2 amide bonds. The second-order valence-electron chi connectivity index (χ2n) is 9.94. The van der Waals surface area contributed by atoms with E-state index in [0.717, 1.165) is 36.4 Å². The zero-order valence-corrected chi connectivity index (χ0v) is 24.6. The Morgan fingerprint density at radius 3 is 2.17 bits per heavy atom. The molecule has 0 spiro atoms. The number of para-hydroxylation sites is 1. The van der Waals surface area contributed by atoms with Crippen molar-refractivity contribution in [2.45, 2.75) is 62.6 Å². The number of anilines is 1. The molecule has 1 saturated carbocycles. The number of amides is 2. The van der Waals surface area contributed by atoms with E-state index in [0.29, 0.717) is 21.3 Å². The SMILES string of the molecule is C[C@@H](C(=O)NC1CCCCC1)N(Cc1ccc(Cl)cc1Cl)C(=O)CN(c1ccccc1)S(=O)(=O)c1ccccc1. The molecule has 4 rings (SSSR count). The second-order valence-corrected chi connectivity index (χ2v) is 12.6. The minimum absolute atomic E-state index is 0.00209. The number of benzene rings is 3. The molecule has 1 aliphatic rings. The first-order valence-corrected chi connectivity index (χ1v) is 15.5. The number of hydrogen-bond donors (Lipinski definition) is 1. The van der Waals surface area contributed by atoms with E-state index in [1.165, 1.54) is 17.0 Å². The van der Waals surface area contributed by atoms with Gasteiger partial charge in [-0.2, -0.15) is 0 Å². The number of sulfonamides is 1. The molecule has 0 saturated heterocycles. The molecule has 1 aliphatic carbocycles. The van der Waals surface area contributed by atoms with Crippen molar-refractivity contribution in [2.24, 2.45) is 0 Å². The van der Waals surface area contributed by atoms with E-state index in [1.807, 2.05) is 0 Å². The van der Waals surface area contributed by atoms with E-state index in [9.17, 15) is 18.0 Å². The first-order valence-electron chi connectivity index (χ1n) is 13.3. The molecule has 1 fully saturated rings. The Balaban J connectivity index is 1.66. The Morgan fingerprint density at radius 1 is 0.925 bits per heavy atom. The topological polar surface area (TPSA) is 86.8 Å². The van der Waals surface area contributed by atoms with Crippen molar-refractivity contribution < 1.29 is 18.0 Å². The van der Waals surface area contributed by atoms with Gasteiger partial charge in [0.25, 0.3) is 10.0 Å². The summed E-state index contributed by atoms with van der Waals surface area (Å²) in [5.74, 6) is -0.830. The van der Waals surface area contributed by atoms with Gasteiger partial charge in [-0.3, -0.25) is 13.9 Å². The molecule has 1 N–H and O–H groups in total. The molecule has 10 heteroatoms. The monoisotopic (exact) mass is 601 g/mol. The number of hydrogen-bond acceptors (Lipinski definition) is 4. The summed E-state index contributed by atoms with van der Waals surface area (Å²) >= 11 is 12.5. The Hall–Kier alpha value is -3.07.